The van der Waals surface area contributed by atoms with Crippen LogP contribution in [0.25, 0.3) is 0 Å². The lowest BCUT2D eigenvalue weighted by molar-refractivity contribution is -0.137. The van der Waals surface area contributed by atoms with Gasteiger partial charge in [0.2, 0.25) is 17.7 Å². The van der Waals surface area contributed by atoms with Crippen molar-refractivity contribution in [2.45, 2.75) is 51.1 Å². The Kier molecular flexibility index (Phi) is 9.69. The van der Waals surface area contributed by atoms with Gasteiger partial charge in [0.1, 0.15) is 6.04 Å². The van der Waals surface area contributed by atoms with E-state index in [0.717, 1.165) is 30.5 Å². The molecule has 188 valence electrons. The van der Waals surface area contributed by atoms with Gasteiger partial charge < -0.3 is 20.9 Å². The lowest BCUT2D eigenvalue weighted by Crippen LogP contribution is -2.51. The second-order valence-corrected chi connectivity index (χ2v) is 9.35. The maximum absolute atomic E-state index is 13.1. The summed E-state index contributed by atoms with van der Waals surface area (Å²) in [5.41, 5.74) is 2.80. The Balaban J connectivity index is 0.00000342. The standard InChI is InChI=1S/C27H34N4O3.ClH/c1-19-9-11-22(12-10-19)29-26(33)24(18-20-6-3-2-4-7-20)30-25(32)21-13-16-31(17-14-21)27(34)23-8-5-15-28-23;/h2-4,6-7,9-12,21,23-24,28H,5,8,13-18H2,1H3,(H,29,33)(H,30,32);1H/t23-,24-;/m0./s1. The molecule has 2 heterocycles. The summed E-state index contributed by atoms with van der Waals surface area (Å²) in [7, 11) is 0. The molecule has 2 saturated heterocycles. The smallest absolute Gasteiger partial charge is 0.247 e. The van der Waals surface area contributed by atoms with E-state index in [0.29, 0.717) is 38.0 Å². The molecule has 0 spiro atoms. The molecule has 2 aliphatic rings. The number of halogens is 1. The first-order valence-electron chi connectivity index (χ1n) is 12.2. The fourth-order valence-electron chi connectivity index (χ4n) is 4.69. The maximum Gasteiger partial charge on any atom is 0.247 e. The highest BCUT2D eigenvalue weighted by molar-refractivity contribution is 5.97. The molecule has 0 aliphatic carbocycles. The van der Waals surface area contributed by atoms with E-state index in [4.69, 9.17) is 0 Å². The van der Waals surface area contributed by atoms with E-state index in [1.54, 1.807) is 0 Å². The number of nitrogens with one attached hydrogen (secondary N) is 3. The molecule has 2 aliphatic heterocycles. The number of nitrogens with zero attached hydrogens (tertiary/aromatic N) is 1. The van der Waals surface area contributed by atoms with Crippen molar-refractivity contribution in [1.82, 2.24) is 15.5 Å². The number of likely N-dealkylation sites (tertiary alicyclic amines) is 1. The van der Waals surface area contributed by atoms with Gasteiger partial charge in [-0.25, -0.2) is 0 Å². The number of amides is 3. The van der Waals surface area contributed by atoms with Gasteiger partial charge in [-0.3, -0.25) is 14.4 Å². The van der Waals surface area contributed by atoms with Crippen LogP contribution in [0.3, 0.4) is 0 Å². The number of carbonyl (C=O) groups excluding carboxylic acids is 3. The van der Waals surface area contributed by atoms with E-state index in [1.165, 1.54) is 0 Å². The van der Waals surface area contributed by atoms with E-state index in [9.17, 15) is 14.4 Å². The molecule has 3 N–H and O–H groups in total. The number of piperidine rings is 1. The average molecular weight is 499 g/mol. The van der Waals surface area contributed by atoms with Crippen molar-refractivity contribution in [2.75, 3.05) is 25.0 Å². The van der Waals surface area contributed by atoms with Gasteiger partial charge in [0.05, 0.1) is 6.04 Å². The van der Waals surface area contributed by atoms with E-state index >= 15 is 0 Å². The van der Waals surface area contributed by atoms with Gasteiger partial charge in [0.25, 0.3) is 0 Å². The molecule has 0 aromatic heterocycles. The molecule has 3 amide bonds. The number of hydrogen-bond acceptors (Lipinski definition) is 4. The molecule has 2 atom stereocenters. The Hall–Kier alpha value is -2.90. The molecule has 2 aromatic rings. The SMILES string of the molecule is Cc1ccc(NC(=O)[C@H](Cc2ccccc2)NC(=O)C2CCN(C(=O)[C@@H]3CCCN3)CC2)cc1.Cl. The number of hydrogen-bond donors (Lipinski definition) is 3. The van der Waals surface area contributed by atoms with Crippen molar-refractivity contribution in [3.8, 4) is 0 Å². The first-order valence-corrected chi connectivity index (χ1v) is 12.2. The van der Waals surface area contributed by atoms with E-state index in [1.807, 2.05) is 66.4 Å². The monoisotopic (exact) mass is 498 g/mol. The molecular weight excluding hydrogens is 464 g/mol. The second kappa shape index (κ2) is 12.7. The van der Waals surface area contributed by atoms with Crippen LogP contribution in [-0.4, -0.2) is 54.3 Å². The fourth-order valence-corrected chi connectivity index (χ4v) is 4.69. The van der Waals surface area contributed by atoms with Crippen LogP contribution in [-0.2, 0) is 20.8 Å². The van der Waals surface area contributed by atoms with Crippen LogP contribution in [0.2, 0.25) is 0 Å². The summed E-state index contributed by atoms with van der Waals surface area (Å²) in [6, 6.07) is 16.5. The summed E-state index contributed by atoms with van der Waals surface area (Å²) >= 11 is 0. The Morgan fingerprint density at radius 3 is 2.31 bits per heavy atom. The fraction of sp³-hybridized carbons (Fsp3) is 0.444. The number of carbonyl (C=O) groups is 3. The van der Waals surface area contributed by atoms with E-state index in [-0.39, 0.29) is 42.1 Å². The largest absolute Gasteiger partial charge is 0.344 e. The van der Waals surface area contributed by atoms with Gasteiger partial charge in [0, 0.05) is 31.1 Å². The van der Waals surface area contributed by atoms with Crippen molar-refractivity contribution in [1.29, 1.82) is 0 Å². The molecule has 35 heavy (non-hydrogen) atoms. The summed E-state index contributed by atoms with van der Waals surface area (Å²) in [5.74, 6) is -0.408. The van der Waals surface area contributed by atoms with Gasteiger partial charge >= 0.3 is 0 Å². The van der Waals surface area contributed by atoms with E-state index < -0.39 is 6.04 Å². The third-order valence-electron chi connectivity index (χ3n) is 6.77. The Morgan fingerprint density at radius 2 is 1.69 bits per heavy atom. The Labute approximate surface area is 213 Å². The first-order chi connectivity index (χ1) is 16.5. The predicted molar refractivity (Wildman–Crippen MR) is 139 cm³/mol. The van der Waals surface area contributed by atoms with E-state index in [2.05, 4.69) is 16.0 Å². The normalized spacial score (nSPS) is 18.9. The molecule has 0 bridgehead atoms. The van der Waals surface area contributed by atoms with Crippen LogP contribution in [0.15, 0.2) is 54.6 Å². The van der Waals surface area contributed by atoms with Crippen LogP contribution < -0.4 is 16.0 Å². The van der Waals surface area contributed by atoms with Crippen LogP contribution in [0.4, 0.5) is 5.69 Å². The summed E-state index contributed by atoms with van der Waals surface area (Å²) in [6.07, 6.45) is 3.55. The summed E-state index contributed by atoms with van der Waals surface area (Å²) < 4.78 is 0. The van der Waals surface area contributed by atoms with Crippen LogP contribution >= 0.6 is 12.4 Å². The molecule has 2 fully saturated rings. The van der Waals surface area contributed by atoms with Crippen molar-refractivity contribution >= 4 is 35.8 Å². The lowest BCUT2D eigenvalue weighted by Gasteiger charge is -2.33. The molecular formula is C27H35ClN4O3. The zero-order valence-electron chi connectivity index (χ0n) is 20.2. The molecule has 8 heteroatoms. The minimum absolute atomic E-state index is 0. The molecule has 7 nitrogen and oxygen atoms in total. The van der Waals surface area contributed by atoms with Crippen LogP contribution in [0.5, 0.6) is 0 Å². The minimum Gasteiger partial charge on any atom is -0.344 e. The van der Waals surface area contributed by atoms with Crippen LogP contribution in [0.1, 0.15) is 36.8 Å². The Morgan fingerprint density at radius 1 is 1.00 bits per heavy atom. The van der Waals surface area contributed by atoms with Gasteiger partial charge in [0.15, 0.2) is 0 Å². The highest BCUT2D eigenvalue weighted by atomic mass is 35.5. The third kappa shape index (κ3) is 7.29. The topological polar surface area (TPSA) is 90.5 Å². The summed E-state index contributed by atoms with van der Waals surface area (Å²) in [5, 5.41) is 9.19. The minimum atomic E-state index is -0.682. The number of aryl methyl sites for hydroxylation is 1. The zero-order chi connectivity index (χ0) is 23.9. The first kappa shape index (κ1) is 26.7. The number of anilines is 1. The highest BCUT2D eigenvalue weighted by Crippen LogP contribution is 2.20. The zero-order valence-corrected chi connectivity index (χ0v) is 21.0. The van der Waals surface area contributed by atoms with Gasteiger partial charge in [-0.15, -0.1) is 12.4 Å². The molecule has 4 rings (SSSR count). The molecule has 0 saturated carbocycles. The third-order valence-corrected chi connectivity index (χ3v) is 6.77. The molecule has 2 aromatic carbocycles. The highest BCUT2D eigenvalue weighted by Gasteiger charge is 2.33. The summed E-state index contributed by atoms with van der Waals surface area (Å²) in [4.78, 5) is 40.8. The van der Waals surface area contributed by atoms with Crippen molar-refractivity contribution in [3.63, 3.8) is 0 Å². The van der Waals surface area contributed by atoms with Crippen LogP contribution in [0, 0.1) is 12.8 Å². The predicted octanol–water partition coefficient (Wildman–Crippen LogP) is 3.07. The summed E-state index contributed by atoms with van der Waals surface area (Å²) in [6.45, 7) is 4.04. The Bertz CT molecular complexity index is 985. The number of benzene rings is 2. The average Bonchev–Trinajstić information content (AvgIpc) is 3.40. The number of rotatable bonds is 7. The lowest BCUT2D eigenvalue weighted by atomic mass is 9.94. The molecule has 0 unspecified atom stereocenters. The van der Waals surface area contributed by atoms with Crippen molar-refractivity contribution < 1.29 is 14.4 Å². The van der Waals surface area contributed by atoms with Gasteiger partial charge in [-0.2, -0.15) is 0 Å². The quantitative estimate of drug-likeness (QED) is 0.547. The second-order valence-electron chi connectivity index (χ2n) is 9.35. The van der Waals surface area contributed by atoms with Crippen molar-refractivity contribution in [3.05, 3.63) is 65.7 Å². The maximum atomic E-state index is 13.1. The molecule has 0 radical (unpaired) electrons. The van der Waals surface area contributed by atoms with Gasteiger partial charge in [-0.05, 0) is 56.8 Å². The van der Waals surface area contributed by atoms with Gasteiger partial charge in [-0.1, -0.05) is 48.0 Å². The van der Waals surface area contributed by atoms with Crippen molar-refractivity contribution in [2.24, 2.45) is 5.92 Å².